The van der Waals surface area contributed by atoms with Crippen molar-refractivity contribution in [3.05, 3.63) is 71.3 Å². The van der Waals surface area contributed by atoms with Crippen molar-refractivity contribution < 1.29 is 0 Å². The van der Waals surface area contributed by atoms with Crippen molar-refractivity contribution >= 4 is 28.5 Å². The van der Waals surface area contributed by atoms with Crippen LogP contribution in [-0.2, 0) is 0 Å². The molecule has 0 unspecified atom stereocenters. The predicted molar refractivity (Wildman–Crippen MR) is 108 cm³/mol. The second-order valence-corrected chi connectivity index (χ2v) is 7.42. The van der Waals surface area contributed by atoms with Crippen LogP contribution in [0.25, 0.3) is 22.3 Å². The van der Waals surface area contributed by atoms with Crippen LogP contribution in [0.5, 0.6) is 0 Å². The van der Waals surface area contributed by atoms with E-state index in [2.05, 4.69) is 51.0 Å². The standard InChI is InChI=1S/C21H18ClN5/c1-13-3-2-4-14(9-13)19-21(24-8-7-23-19)27-11-15(12-27)20-25-17-6-5-16(22)10-18(17)26-20/h2-10,15H,11-12H2,1H3,(H,25,26). The molecule has 1 aliphatic rings. The summed E-state index contributed by atoms with van der Waals surface area (Å²) >= 11 is 6.07. The molecule has 6 heteroatoms. The quantitative estimate of drug-likeness (QED) is 0.569. The number of aromatic nitrogens is 4. The number of hydrogen-bond donors (Lipinski definition) is 1. The first-order valence-corrected chi connectivity index (χ1v) is 9.33. The van der Waals surface area contributed by atoms with Crippen molar-refractivity contribution in [1.82, 2.24) is 19.9 Å². The molecule has 1 fully saturated rings. The first-order valence-electron chi connectivity index (χ1n) is 8.95. The van der Waals surface area contributed by atoms with E-state index in [1.807, 2.05) is 18.2 Å². The number of nitrogens with one attached hydrogen (secondary N) is 1. The van der Waals surface area contributed by atoms with Gasteiger partial charge in [-0.1, -0.05) is 35.4 Å². The van der Waals surface area contributed by atoms with Crippen molar-refractivity contribution in [3.63, 3.8) is 0 Å². The third-order valence-corrected chi connectivity index (χ3v) is 5.24. The summed E-state index contributed by atoms with van der Waals surface area (Å²) in [7, 11) is 0. The van der Waals surface area contributed by atoms with E-state index in [9.17, 15) is 0 Å². The Hall–Kier alpha value is -2.92. The van der Waals surface area contributed by atoms with Crippen molar-refractivity contribution in [3.8, 4) is 11.3 Å². The Morgan fingerprint density at radius 2 is 1.93 bits per heavy atom. The van der Waals surface area contributed by atoms with E-state index in [4.69, 9.17) is 16.6 Å². The average molecular weight is 376 g/mol. The van der Waals surface area contributed by atoms with Crippen LogP contribution >= 0.6 is 11.6 Å². The number of H-pyrrole nitrogens is 1. The van der Waals surface area contributed by atoms with Gasteiger partial charge in [-0.2, -0.15) is 0 Å². The summed E-state index contributed by atoms with van der Waals surface area (Å²) in [5.41, 5.74) is 5.17. The van der Waals surface area contributed by atoms with Crippen LogP contribution in [-0.4, -0.2) is 33.0 Å². The lowest BCUT2D eigenvalue weighted by Crippen LogP contribution is -2.46. The van der Waals surface area contributed by atoms with Crippen LogP contribution < -0.4 is 4.90 Å². The highest BCUT2D eigenvalue weighted by Gasteiger charge is 2.33. The molecule has 0 saturated carbocycles. The molecule has 4 aromatic rings. The number of anilines is 1. The number of benzene rings is 2. The van der Waals surface area contributed by atoms with Gasteiger partial charge in [0.1, 0.15) is 11.5 Å². The SMILES string of the molecule is Cc1cccc(-c2nccnc2N2CC(c3nc4cc(Cl)ccc4[nH]3)C2)c1. The van der Waals surface area contributed by atoms with Gasteiger partial charge in [-0.25, -0.2) is 9.97 Å². The minimum atomic E-state index is 0.351. The highest BCUT2D eigenvalue weighted by Crippen LogP contribution is 2.35. The number of halogens is 1. The molecular weight excluding hydrogens is 358 g/mol. The fourth-order valence-corrected chi connectivity index (χ4v) is 3.74. The number of aromatic amines is 1. The maximum absolute atomic E-state index is 6.07. The number of aryl methyl sites for hydroxylation is 1. The van der Waals surface area contributed by atoms with E-state index >= 15 is 0 Å². The molecule has 2 aromatic carbocycles. The molecule has 134 valence electrons. The zero-order chi connectivity index (χ0) is 18.4. The summed E-state index contributed by atoms with van der Waals surface area (Å²) in [6.45, 7) is 3.82. The van der Waals surface area contributed by atoms with E-state index in [1.54, 1.807) is 12.4 Å². The van der Waals surface area contributed by atoms with Crippen LogP contribution in [0.4, 0.5) is 5.82 Å². The molecule has 0 spiro atoms. The molecule has 1 N–H and O–H groups in total. The Morgan fingerprint density at radius 3 is 2.78 bits per heavy atom. The normalized spacial score (nSPS) is 14.5. The third-order valence-electron chi connectivity index (χ3n) is 5.00. The number of imidazole rings is 1. The number of rotatable bonds is 3. The first kappa shape index (κ1) is 16.3. The molecule has 2 aromatic heterocycles. The first-order chi connectivity index (χ1) is 13.2. The zero-order valence-corrected chi connectivity index (χ0v) is 15.6. The summed E-state index contributed by atoms with van der Waals surface area (Å²) in [5.74, 6) is 2.28. The Kier molecular flexibility index (Phi) is 3.83. The highest BCUT2D eigenvalue weighted by atomic mass is 35.5. The number of hydrogen-bond acceptors (Lipinski definition) is 4. The smallest absolute Gasteiger partial charge is 0.155 e. The molecule has 0 bridgehead atoms. The van der Waals surface area contributed by atoms with E-state index in [-0.39, 0.29) is 0 Å². The molecule has 5 rings (SSSR count). The van der Waals surface area contributed by atoms with Crippen LogP contribution in [0.1, 0.15) is 17.3 Å². The molecule has 0 atom stereocenters. The molecule has 0 amide bonds. The van der Waals surface area contributed by atoms with Crippen LogP contribution in [0.2, 0.25) is 5.02 Å². The third kappa shape index (κ3) is 2.94. The van der Waals surface area contributed by atoms with Gasteiger partial charge in [0.2, 0.25) is 0 Å². The topological polar surface area (TPSA) is 57.7 Å². The maximum atomic E-state index is 6.07. The predicted octanol–water partition coefficient (Wildman–Crippen LogP) is 4.59. The molecule has 1 aliphatic heterocycles. The fraction of sp³-hybridized carbons (Fsp3) is 0.190. The monoisotopic (exact) mass is 375 g/mol. The van der Waals surface area contributed by atoms with Crippen molar-refractivity contribution in [1.29, 1.82) is 0 Å². The summed E-state index contributed by atoms with van der Waals surface area (Å²) in [6, 6.07) is 14.1. The Bertz CT molecular complexity index is 1130. The van der Waals surface area contributed by atoms with Gasteiger partial charge in [-0.15, -0.1) is 0 Å². The number of nitrogens with zero attached hydrogens (tertiary/aromatic N) is 4. The molecule has 5 nitrogen and oxygen atoms in total. The minimum absolute atomic E-state index is 0.351. The second kappa shape index (κ2) is 6.35. The van der Waals surface area contributed by atoms with E-state index in [0.29, 0.717) is 10.9 Å². The minimum Gasteiger partial charge on any atom is -0.353 e. The van der Waals surface area contributed by atoms with Crippen molar-refractivity contribution in [2.24, 2.45) is 0 Å². The molecular formula is C21H18ClN5. The van der Waals surface area contributed by atoms with Crippen molar-refractivity contribution in [2.45, 2.75) is 12.8 Å². The van der Waals surface area contributed by atoms with Crippen molar-refractivity contribution in [2.75, 3.05) is 18.0 Å². The fourth-order valence-electron chi connectivity index (χ4n) is 3.57. The van der Waals surface area contributed by atoms with Gasteiger partial charge in [0.15, 0.2) is 5.82 Å². The number of fused-ring (bicyclic) bond motifs is 1. The molecule has 0 radical (unpaired) electrons. The van der Waals surface area contributed by atoms with E-state index in [1.165, 1.54) is 5.56 Å². The largest absolute Gasteiger partial charge is 0.353 e. The Morgan fingerprint density at radius 1 is 1.07 bits per heavy atom. The van der Waals surface area contributed by atoms with Gasteiger partial charge in [0, 0.05) is 36.1 Å². The lowest BCUT2D eigenvalue weighted by atomic mass is 9.98. The van der Waals surface area contributed by atoms with Gasteiger partial charge in [0.25, 0.3) is 0 Å². The second-order valence-electron chi connectivity index (χ2n) is 6.98. The average Bonchev–Trinajstić information content (AvgIpc) is 3.03. The van der Waals surface area contributed by atoms with Gasteiger partial charge < -0.3 is 9.88 Å². The molecule has 27 heavy (non-hydrogen) atoms. The van der Waals surface area contributed by atoms with Crippen LogP contribution in [0.15, 0.2) is 54.9 Å². The molecule has 0 aliphatic carbocycles. The summed E-state index contributed by atoms with van der Waals surface area (Å²) in [4.78, 5) is 19.6. The highest BCUT2D eigenvalue weighted by molar-refractivity contribution is 6.31. The summed E-state index contributed by atoms with van der Waals surface area (Å²) in [5, 5.41) is 0.707. The van der Waals surface area contributed by atoms with Gasteiger partial charge in [-0.05, 0) is 31.2 Å². The lowest BCUT2D eigenvalue weighted by Gasteiger charge is -2.39. The maximum Gasteiger partial charge on any atom is 0.155 e. The van der Waals surface area contributed by atoms with Crippen LogP contribution in [0.3, 0.4) is 0 Å². The zero-order valence-electron chi connectivity index (χ0n) is 14.9. The van der Waals surface area contributed by atoms with Gasteiger partial charge in [0.05, 0.1) is 17.0 Å². The Balaban J connectivity index is 1.40. The Labute approximate surface area is 162 Å². The summed E-state index contributed by atoms with van der Waals surface area (Å²) in [6.07, 6.45) is 3.51. The van der Waals surface area contributed by atoms with E-state index < -0.39 is 0 Å². The molecule has 3 heterocycles. The van der Waals surface area contributed by atoms with Gasteiger partial charge >= 0.3 is 0 Å². The molecule has 1 saturated heterocycles. The lowest BCUT2D eigenvalue weighted by molar-refractivity contribution is 0.501. The van der Waals surface area contributed by atoms with Gasteiger partial charge in [-0.3, -0.25) is 4.98 Å². The van der Waals surface area contributed by atoms with Crippen LogP contribution in [0, 0.1) is 6.92 Å². The van der Waals surface area contributed by atoms with E-state index in [0.717, 1.165) is 47.0 Å². The summed E-state index contributed by atoms with van der Waals surface area (Å²) < 4.78 is 0.